The highest BCUT2D eigenvalue weighted by molar-refractivity contribution is 8.00. The number of fused-ring (bicyclic) bond motifs is 1. The quantitative estimate of drug-likeness (QED) is 0.737. The zero-order valence-corrected chi connectivity index (χ0v) is 10.1. The van der Waals surface area contributed by atoms with Gasteiger partial charge in [0.2, 0.25) is 0 Å². The molecule has 2 nitrogen and oxygen atoms in total. The maximum Gasteiger partial charge on any atom is 0.102 e. The highest BCUT2D eigenvalue weighted by Crippen LogP contribution is 2.32. The Kier molecular flexibility index (Phi) is 3.12. The number of benzene rings is 1. The second-order valence-electron chi connectivity index (χ2n) is 3.80. The molecule has 2 aromatic rings. The van der Waals surface area contributed by atoms with E-state index in [1.807, 2.05) is 24.3 Å². The average Bonchev–Trinajstić information content (AvgIpc) is 2.29. The van der Waals surface area contributed by atoms with Gasteiger partial charge >= 0.3 is 0 Å². The molecular weight excluding hydrogens is 216 g/mol. The third kappa shape index (κ3) is 2.02. The topological polar surface area (TPSA) is 36.7 Å². The minimum Gasteiger partial charge on any atom is -0.255 e. The zero-order valence-electron chi connectivity index (χ0n) is 9.27. The molecule has 1 aromatic heterocycles. The van der Waals surface area contributed by atoms with Crippen molar-refractivity contribution in [2.75, 3.05) is 0 Å². The molecule has 0 unspecified atom stereocenters. The fraction of sp³-hybridized carbons (Fsp3) is 0.231. The SMILES string of the molecule is CC(C)Sc1c(C#N)cnc2ccccc12. The minimum absolute atomic E-state index is 0.456. The van der Waals surface area contributed by atoms with Crippen molar-refractivity contribution in [2.45, 2.75) is 24.0 Å². The molecule has 0 N–H and O–H groups in total. The van der Waals surface area contributed by atoms with Crippen LogP contribution in [0.2, 0.25) is 0 Å². The Balaban J connectivity index is 2.69. The number of hydrogen-bond acceptors (Lipinski definition) is 3. The van der Waals surface area contributed by atoms with Crippen LogP contribution in [0.3, 0.4) is 0 Å². The predicted molar refractivity (Wildman–Crippen MR) is 67.5 cm³/mol. The van der Waals surface area contributed by atoms with E-state index in [-0.39, 0.29) is 0 Å². The molecule has 0 bridgehead atoms. The summed E-state index contributed by atoms with van der Waals surface area (Å²) in [5.74, 6) is 0. The van der Waals surface area contributed by atoms with E-state index in [0.29, 0.717) is 10.8 Å². The summed E-state index contributed by atoms with van der Waals surface area (Å²) in [5, 5.41) is 10.6. The molecule has 80 valence electrons. The van der Waals surface area contributed by atoms with Crippen LogP contribution in [0, 0.1) is 11.3 Å². The summed E-state index contributed by atoms with van der Waals surface area (Å²) in [7, 11) is 0. The molecule has 0 aliphatic carbocycles. The van der Waals surface area contributed by atoms with E-state index in [4.69, 9.17) is 5.26 Å². The lowest BCUT2D eigenvalue weighted by molar-refractivity contribution is 1.11. The summed E-state index contributed by atoms with van der Waals surface area (Å²) in [6.07, 6.45) is 1.66. The Morgan fingerprint density at radius 3 is 2.75 bits per heavy atom. The van der Waals surface area contributed by atoms with Crippen molar-refractivity contribution < 1.29 is 0 Å². The van der Waals surface area contributed by atoms with E-state index >= 15 is 0 Å². The molecule has 0 spiro atoms. The monoisotopic (exact) mass is 228 g/mol. The standard InChI is InChI=1S/C13H12N2S/c1-9(2)16-13-10(7-14)8-15-12-6-4-3-5-11(12)13/h3-6,8-9H,1-2H3. The Morgan fingerprint density at radius 2 is 2.06 bits per heavy atom. The normalized spacial score (nSPS) is 10.6. The van der Waals surface area contributed by atoms with Gasteiger partial charge in [-0.2, -0.15) is 5.26 Å². The van der Waals surface area contributed by atoms with Crippen LogP contribution in [0.5, 0.6) is 0 Å². The first kappa shape index (κ1) is 11.0. The molecule has 0 saturated heterocycles. The number of pyridine rings is 1. The molecule has 0 radical (unpaired) electrons. The molecule has 1 aromatic carbocycles. The molecule has 16 heavy (non-hydrogen) atoms. The van der Waals surface area contributed by atoms with Gasteiger partial charge in [0.25, 0.3) is 0 Å². The van der Waals surface area contributed by atoms with Crippen LogP contribution in [0.25, 0.3) is 10.9 Å². The van der Waals surface area contributed by atoms with Crippen molar-refractivity contribution in [1.82, 2.24) is 4.98 Å². The first-order valence-electron chi connectivity index (χ1n) is 5.17. The van der Waals surface area contributed by atoms with Crippen LogP contribution in [0.15, 0.2) is 35.4 Å². The molecule has 0 amide bonds. The van der Waals surface area contributed by atoms with Crippen LogP contribution in [-0.4, -0.2) is 10.2 Å². The summed E-state index contributed by atoms with van der Waals surface area (Å²) in [6, 6.07) is 10.1. The number of rotatable bonds is 2. The molecule has 0 atom stereocenters. The number of para-hydroxylation sites is 1. The third-order valence-electron chi connectivity index (χ3n) is 2.20. The highest BCUT2D eigenvalue weighted by Gasteiger charge is 2.10. The Morgan fingerprint density at radius 1 is 1.31 bits per heavy atom. The summed E-state index contributed by atoms with van der Waals surface area (Å²) in [4.78, 5) is 5.33. The van der Waals surface area contributed by atoms with Gasteiger partial charge in [-0.25, -0.2) is 0 Å². The lowest BCUT2D eigenvalue weighted by Gasteiger charge is -2.09. The lowest BCUT2D eigenvalue weighted by atomic mass is 10.2. The van der Waals surface area contributed by atoms with Crippen LogP contribution in [-0.2, 0) is 0 Å². The van der Waals surface area contributed by atoms with Crippen molar-refractivity contribution in [3.8, 4) is 6.07 Å². The van der Waals surface area contributed by atoms with E-state index in [1.54, 1.807) is 18.0 Å². The van der Waals surface area contributed by atoms with Crippen LogP contribution >= 0.6 is 11.8 Å². The van der Waals surface area contributed by atoms with Gasteiger partial charge in [0.05, 0.1) is 11.1 Å². The van der Waals surface area contributed by atoms with Gasteiger partial charge in [-0.05, 0) is 6.07 Å². The summed E-state index contributed by atoms with van der Waals surface area (Å²) in [6.45, 7) is 4.25. The van der Waals surface area contributed by atoms with E-state index in [9.17, 15) is 0 Å². The lowest BCUT2D eigenvalue weighted by Crippen LogP contribution is -1.92. The van der Waals surface area contributed by atoms with Crippen LogP contribution in [0.1, 0.15) is 19.4 Å². The maximum absolute atomic E-state index is 9.09. The van der Waals surface area contributed by atoms with Crippen molar-refractivity contribution in [3.05, 3.63) is 36.0 Å². The number of thioether (sulfide) groups is 1. The van der Waals surface area contributed by atoms with E-state index in [1.165, 1.54) is 0 Å². The van der Waals surface area contributed by atoms with Crippen molar-refractivity contribution in [3.63, 3.8) is 0 Å². The van der Waals surface area contributed by atoms with Gasteiger partial charge in [-0.1, -0.05) is 32.0 Å². The molecule has 0 aliphatic heterocycles. The van der Waals surface area contributed by atoms with Crippen molar-refractivity contribution in [2.24, 2.45) is 0 Å². The zero-order chi connectivity index (χ0) is 11.5. The largest absolute Gasteiger partial charge is 0.255 e. The fourth-order valence-corrected chi connectivity index (χ4v) is 2.55. The maximum atomic E-state index is 9.09. The Bertz CT molecular complexity index is 555. The molecular formula is C13H12N2S. The van der Waals surface area contributed by atoms with Crippen LogP contribution in [0.4, 0.5) is 0 Å². The highest BCUT2D eigenvalue weighted by atomic mass is 32.2. The minimum atomic E-state index is 0.456. The molecule has 0 saturated carbocycles. The molecule has 0 aliphatic rings. The third-order valence-corrected chi connectivity index (χ3v) is 3.35. The second-order valence-corrected chi connectivity index (χ2v) is 5.38. The van der Waals surface area contributed by atoms with Gasteiger partial charge in [-0.15, -0.1) is 11.8 Å². The number of hydrogen-bond donors (Lipinski definition) is 0. The average molecular weight is 228 g/mol. The van der Waals surface area contributed by atoms with Gasteiger partial charge < -0.3 is 0 Å². The Labute approximate surface area is 99.3 Å². The summed E-state index contributed by atoms with van der Waals surface area (Å²) in [5.41, 5.74) is 1.61. The van der Waals surface area contributed by atoms with Gasteiger partial charge in [0.1, 0.15) is 6.07 Å². The second kappa shape index (κ2) is 4.54. The van der Waals surface area contributed by atoms with Gasteiger partial charge in [0.15, 0.2) is 0 Å². The number of nitriles is 1. The first-order chi connectivity index (χ1) is 7.72. The summed E-state index contributed by atoms with van der Waals surface area (Å²) >= 11 is 1.72. The van der Waals surface area contributed by atoms with Crippen molar-refractivity contribution in [1.29, 1.82) is 5.26 Å². The van der Waals surface area contributed by atoms with Gasteiger partial charge in [0, 0.05) is 21.7 Å². The number of aromatic nitrogens is 1. The predicted octanol–water partition coefficient (Wildman–Crippen LogP) is 3.61. The smallest absolute Gasteiger partial charge is 0.102 e. The fourth-order valence-electron chi connectivity index (χ4n) is 1.56. The van der Waals surface area contributed by atoms with Gasteiger partial charge in [-0.3, -0.25) is 4.98 Å². The van der Waals surface area contributed by atoms with E-state index in [0.717, 1.165) is 15.8 Å². The first-order valence-corrected chi connectivity index (χ1v) is 6.05. The summed E-state index contributed by atoms with van der Waals surface area (Å²) < 4.78 is 0. The van der Waals surface area contributed by atoms with Crippen LogP contribution < -0.4 is 0 Å². The Hall–Kier alpha value is -1.53. The van der Waals surface area contributed by atoms with E-state index in [2.05, 4.69) is 24.9 Å². The van der Waals surface area contributed by atoms with Crippen molar-refractivity contribution >= 4 is 22.7 Å². The van der Waals surface area contributed by atoms with E-state index < -0.39 is 0 Å². The molecule has 3 heteroatoms. The molecule has 1 heterocycles. The molecule has 2 rings (SSSR count). The number of nitrogens with zero attached hydrogens (tertiary/aromatic N) is 2. The molecule has 0 fully saturated rings.